The Labute approximate surface area is 186 Å². The Hall–Kier alpha value is -1.28. The zero-order valence-corrected chi connectivity index (χ0v) is 19.6. The average Bonchev–Trinajstić information content (AvgIpc) is 3.50. The van der Waals surface area contributed by atoms with Gasteiger partial charge >= 0.3 is 0 Å². The van der Waals surface area contributed by atoms with Crippen LogP contribution in [0.1, 0.15) is 109 Å². The Kier molecular flexibility index (Phi) is 12.9. The summed E-state index contributed by atoms with van der Waals surface area (Å²) in [6.07, 6.45) is 23.9. The van der Waals surface area contributed by atoms with Gasteiger partial charge in [-0.05, 0) is 44.2 Å². The zero-order chi connectivity index (χ0) is 21.3. The highest BCUT2D eigenvalue weighted by molar-refractivity contribution is 5.33. The second-order valence-electron chi connectivity index (χ2n) is 9.41. The lowest BCUT2D eigenvalue weighted by molar-refractivity contribution is 0.201. The first-order chi connectivity index (χ1) is 14.7. The first-order valence-corrected chi connectivity index (χ1v) is 12.7. The molecule has 0 spiro atoms. The molecule has 1 aliphatic rings. The van der Waals surface area contributed by atoms with Crippen LogP contribution in [0.4, 0.5) is 0 Å². The summed E-state index contributed by atoms with van der Waals surface area (Å²) in [5.74, 6) is 1.05. The summed E-state index contributed by atoms with van der Waals surface area (Å²) in [5, 5.41) is 0. The first kappa shape index (κ1) is 25.0. The summed E-state index contributed by atoms with van der Waals surface area (Å²) >= 11 is 0. The molecule has 0 N–H and O–H groups in total. The maximum absolute atomic E-state index is 6.01. The lowest BCUT2D eigenvalue weighted by Gasteiger charge is -2.13. The zero-order valence-electron chi connectivity index (χ0n) is 19.6. The number of aryl methyl sites for hydroxylation is 1. The van der Waals surface area contributed by atoms with Crippen molar-refractivity contribution < 1.29 is 9.47 Å². The smallest absolute Gasteiger partial charge is 0.123 e. The van der Waals surface area contributed by atoms with Gasteiger partial charge in [-0.1, -0.05) is 101 Å². The lowest BCUT2D eigenvalue weighted by atomic mass is 10.0. The number of hydrogen-bond acceptors (Lipinski definition) is 2. The minimum atomic E-state index is -0.0432. The number of ether oxygens (including phenoxy) is 2. The molecule has 1 saturated heterocycles. The van der Waals surface area contributed by atoms with E-state index in [1.54, 1.807) is 0 Å². The average molecular weight is 415 g/mol. The molecule has 1 heterocycles. The highest BCUT2D eigenvalue weighted by Gasteiger charge is 2.40. The molecule has 0 saturated carbocycles. The molecule has 1 aliphatic heterocycles. The van der Waals surface area contributed by atoms with Gasteiger partial charge in [0.2, 0.25) is 0 Å². The standard InChI is InChI=1S/C28H46O2/c1-3-4-5-6-7-8-9-10-11-12-13-14-15-16-17-18-21-26-22-19-20-23-27(26)29-24-28(2)25-30-28/h3,19-20,22-23H,1,4-18,21,24-25H2,2H3. The summed E-state index contributed by atoms with van der Waals surface area (Å²) in [6, 6.07) is 8.51. The Morgan fingerprint density at radius 2 is 1.33 bits per heavy atom. The van der Waals surface area contributed by atoms with Crippen LogP contribution in [0.15, 0.2) is 36.9 Å². The van der Waals surface area contributed by atoms with Crippen molar-refractivity contribution in [3.8, 4) is 5.75 Å². The van der Waals surface area contributed by atoms with E-state index in [0.717, 1.165) is 18.8 Å². The molecule has 170 valence electrons. The van der Waals surface area contributed by atoms with E-state index in [1.807, 2.05) is 6.08 Å². The van der Waals surface area contributed by atoms with Crippen LogP contribution in [-0.2, 0) is 11.2 Å². The van der Waals surface area contributed by atoms with Gasteiger partial charge in [-0.3, -0.25) is 0 Å². The van der Waals surface area contributed by atoms with Crippen LogP contribution in [0.3, 0.4) is 0 Å². The normalized spacial score (nSPS) is 17.8. The summed E-state index contributed by atoms with van der Waals surface area (Å²) in [6.45, 7) is 7.39. The van der Waals surface area contributed by atoms with Gasteiger partial charge in [0.05, 0.1) is 6.61 Å². The summed E-state index contributed by atoms with van der Waals surface area (Å²) in [4.78, 5) is 0. The summed E-state index contributed by atoms with van der Waals surface area (Å²) < 4.78 is 11.4. The molecule has 1 unspecified atom stereocenters. The predicted molar refractivity (Wildman–Crippen MR) is 129 cm³/mol. The fraction of sp³-hybridized carbons (Fsp3) is 0.714. The van der Waals surface area contributed by atoms with Crippen molar-refractivity contribution in [1.29, 1.82) is 0 Å². The number of para-hydroxylation sites is 1. The van der Waals surface area contributed by atoms with Crippen molar-refractivity contribution in [1.82, 2.24) is 0 Å². The fourth-order valence-corrected chi connectivity index (χ4v) is 4.01. The van der Waals surface area contributed by atoms with Crippen molar-refractivity contribution in [3.63, 3.8) is 0 Å². The van der Waals surface area contributed by atoms with Gasteiger partial charge in [0, 0.05) is 0 Å². The van der Waals surface area contributed by atoms with Crippen LogP contribution in [0.2, 0.25) is 0 Å². The Balaban J connectivity index is 1.37. The van der Waals surface area contributed by atoms with E-state index in [0.29, 0.717) is 6.61 Å². The third-order valence-electron chi connectivity index (χ3n) is 6.25. The topological polar surface area (TPSA) is 21.8 Å². The molecule has 2 rings (SSSR count). The van der Waals surface area contributed by atoms with Gasteiger partial charge in [-0.15, -0.1) is 6.58 Å². The maximum Gasteiger partial charge on any atom is 0.123 e. The largest absolute Gasteiger partial charge is 0.490 e. The Bertz CT molecular complexity index is 562. The maximum atomic E-state index is 6.01. The van der Waals surface area contributed by atoms with Gasteiger partial charge in [0.1, 0.15) is 18.0 Å². The molecule has 0 aliphatic carbocycles. The molecule has 0 bridgehead atoms. The van der Waals surface area contributed by atoms with E-state index in [2.05, 4.69) is 37.8 Å². The third-order valence-corrected chi connectivity index (χ3v) is 6.25. The molecule has 1 atom stereocenters. The number of hydrogen-bond donors (Lipinski definition) is 0. The van der Waals surface area contributed by atoms with Crippen LogP contribution in [0.25, 0.3) is 0 Å². The molecule has 2 nitrogen and oxygen atoms in total. The van der Waals surface area contributed by atoms with Crippen molar-refractivity contribution in [2.45, 2.75) is 115 Å². The van der Waals surface area contributed by atoms with Crippen LogP contribution >= 0.6 is 0 Å². The van der Waals surface area contributed by atoms with Crippen molar-refractivity contribution in [3.05, 3.63) is 42.5 Å². The van der Waals surface area contributed by atoms with E-state index >= 15 is 0 Å². The van der Waals surface area contributed by atoms with E-state index < -0.39 is 0 Å². The van der Waals surface area contributed by atoms with Crippen molar-refractivity contribution in [2.75, 3.05) is 13.2 Å². The monoisotopic (exact) mass is 414 g/mol. The van der Waals surface area contributed by atoms with Gasteiger partial charge in [0.25, 0.3) is 0 Å². The second-order valence-corrected chi connectivity index (χ2v) is 9.41. The van der Waals surface area contributed by atoms with Gasteiger partial charge in [-0.25, -0.2) is 0 Å². The van der Waals surface area contributed by atoms with E-state index in [4.69, 9.17) is 9.47 Å². The van der Waals surface area contributed by atoms with Gasteiger partial charge < -0.3 is 9.47 Å². The van der Waals surface area contributed by atoms with E-state index in [1.165, 1.54) is 102 Å². The number of rotatable bonds is 20. The minimum absolute atomic E-state index is 0.0432. The Morgan fingerprint density at radius 1 is 0.833 bits per heavy atom. The van der Waals surface area contributed by atoms with Crippen molar-refractivity contribution in [2.24, 2.45) is 0 Å². The van der Waals surface area contributed by atoms with Crippen LogP contribution in [0.5, 0.6) is 5.75 Å². The second kappa shape index (κ2) is 15.5. The van der Waals surface area contributed by atoms with Crippen molar-refractivity contribution >= 4 is 0 Å². The third kappa shape index (κ3) is 11.8. The van der Waals surface area contributed by atoms with Crippen LogP contribution in [-0.4, -0.2) is 18.8 Å². The molecular weight excluding hydrogens is 368 g/mol. The number of benzene rings is 1. The quantitative estimate of drug-likeness (QED) is 0.121. The number of epoxide rings is 1. The molecular formula is C28H46O2. The number of unbranched alkanes of at least 4 members (excludes halogenated alkanes) is 14. The first-order valence-electron chi connectivity index (χ1n) is 12.7. The molecule has 30 heavy (non-hydrogen) atoms. The van der Waals surface area contributed by atoms with Crippen LogP contribution < -0.4 is 4.74 Å². The molecule has 2 heteroatoms. The summed E-state index contributed by atoms with van der Waals surface area (Å²) in [5.41, 5.74) is 1.31. The van der Waals surface area contributed by atoms with E-state index in [-0.39, 0.29) is 5.60 Å². The molecule has 1 aromatic rings. The highest BCUT2D eigenvalue weighted by Crippen LogP contribution is 2.28. The SMILES string of the molecule is C=CCCCCCCCCCCCCCCCCc1ccccc1OCC1(C)CO1. The molecule has 0 amide bonds. The fourth-order valence-electron chi connectivity index (χ4n) is 4.01. The molecule has 1 aromatic carbocycles. The van der Waals surface area contributed by atoms with Gasteiger partial charge in [0.15, 0.2) is 0 Å². The Morgan fingerprint density at radius 3 is 1.87 bits per heavy atom. The lowest BCUT2D eigenvalue weighted by Crippen LogP contribution is -2.17. The molecule has 0 aromatic heterocycles. The summed E-state index contributed by atoms with van der Waals surface area (Å²) in [7, 11) is 0. The van der Waals surface area contributed by atoms with Gasteiger partial charge in [-0.2, -0.15) is 0 Å². The van der Waals surface area contributed by atoms with Crippen LogP contribution in [0, 0.1) is 0 Å². The minimum Gasteiger partial charge on any atom is -0.490 e. The number of allylic oxidation sites excluding steroid dienone is 1. The molecule has 1 fully saturated rings. The highest BCUT2D eigenvalue weighted by atomic mass is 16.6. The molecule has 0 radical (unpaired) electrons. The van der Waals surface area contributed by atoms with E-state index in [9.17, 15) is 0 Å². The predicted octanol–water partition coefficient (Wildman–Crippen LogP) is 8.43.